The average Bonchev–Trinajstić information content (AvgIpc) is 2.89. The van der Waals surface area contributed by atoms with E-state index in [2.05, 4.69) is 5.32 Å². The van der Waals surface area contributed by atoms with E-state index in [1.165, 1.54) is 7.11 Å². The van der Waals surface area contributed by atoms with Crippen molar-refractivity contribution in [2.24, 2.45) is 5.92 Å². The van der Waals surface area contributed by atoms with E-state index in [9.17, 15) is 24.6 Å². The third-order valence-electron chi connectivity index (χ3n) is 7.89. The van der Waals surface area contributed by atoms with Crippen LogP contribution in [0.15, 0.2) is 23.8 Å². The largest absolute Gasteiger partial charge is 0.493 e. The van der Waals surface area contributed by atoms with Crippen LogP contribution in [-0.2, 0) is 9.59 Å². The zero-order valence-corrected chi connectivity index (χ0v) is 23.9. The van der Waals surface area contributed by atoms with Crippen LogP contribution < -0.4 is 14.8 Å². The molecule has 1 aromatic carbocycles. The van der Waals surface area contributed by atoms with Gasteiger partial charge in [0, 0.05) is 36.1 Å². The number of aldehydes is 1. The molecule has 3 N–H and O–H groups in total. The number of carbonyl (C=O) groups excluding carboxylic acids is 3. The number of aliphatic hydroxyl groups excluding tert-OH is 2. The minimum atomic E-state index is -1.08. The predicted octanol–water partition coefficient (Wildman–Crippen LogP) is 2.99. The molecule has 1 aromatic rings. The second-order valence-electron chi connectivity index (χ2n) is 10.3. The van der Waals surface area contributed by atoms with Gasteiger partial charge in [0.1, 0.15) is 18.5 Å². The second-order valence-corrected chi connectivity index (χ2v) is 11.5. The number of aliphatic hydroxyl groups is 2. The third-order valence-corrected chi connectivity index (χ3v) is 8.69. The van der Waals surface area contributed by atoms with Gasteiger partial charge in [-0.1, -0.05) is 25.7 Å². The summed E-state index contributed by atoms with van der Waals surface area (Å²) < 4.78 is 12.4. The van der Waals surface area contributed by atoms with Crippen molar-refractivity contribution in [2.75, 3.05) is 20.3 Å². The van der Waals surface area contributed by atoms with E-state index in [4.69, 9.17) is 9.47 Å². The molecule has 0 saturated heterocycles. The molecule has 3 aliphatic carbocycles. The van der Waals surface area contributed by atoms with Crippen molar-refractivity contribution in [2.45, 2.75) is 82.1 Å². The standard InChI is InChI=1S/C28H37IN2O7/c1-37-24-13-17(16-33)12-21(29)26(24)38-23-15-19(27(35)30-10-11-32)14-22(25(23)34)31(20-8-3-2-4-9-20)28(36)18-6-5-7-18/h12-13,15-16,18,20,22-23,25,32,34H,2-11,14H2,1H3,(H,30,35). The van der Waals surface area contributed by atoms with Crippen molar-refractivity contribution < 1.29 is 34.1 Å². The van der Waals surface area contributed by atoms with Gasteiger partial charge in [-0.15, -0.1) is 0 Å². The van der Waals surface area contributed by atoms with Gasteiger partial charge < -0.3 is 29.9 Å². The first-order valence-electron chi connectivity index (χ1n) is 13.5. The number of hydrogen-bond donors (Lipinski definition) is 3. The SMILES string of the molecule is COc1cc(C=O)cc(I)c1OC1C=C(C(=O)NCCO)CC(N(C(=O)C2CCC2)C2CCCCC2)C1O. The molecule has 0 radical (unpaired) electrons. The fraction of sp³-hybridized carbons (Fsp3) is 0.607. The monoisotopic (exact) mass is 640 g/mol. The summed E-state index contributed by atoms with van der Waals surface area (Å²) in [5.74, 6) is 0.345. The van der Waals surface area contributed by atoms with Crippen molar-refractivity contribution in [3.05, 3.63) is 32.9 Å². The van der Waals surface area contributed by atoms with Gasteiger partial charge in [-0.05, 0) is 66.5 Å². The molecule has 10 heteroatoms. The molecular formula is C28H37IN2O7. The molecule has 0 aromatic heterocycles. The number of hydrogen-bond acceptors (Lipinski definition) is 7. The van der Waals surface area contributed by atoms with Crippen LogP contribution in [0.2, 0.25) is 0 Å². The maximum atomic E-state index is 13.8. The van der Waals surface area contributed by atoms with Gasteiger partial charge in [0.2, 0.25) is 11.8 Å². The molecule has 38 heavy (non-hydrogen) atoms. The maximum Gasteiger partial charge on any atom is 0.247 e. The van der Waals surface area contributed by atoms with E-state index >= 15 is 0 Å². The van der Waals surface area contributed by atoms with Gasteiger partial charge in [0.15, 0.2) is 11.5 Å². The Morgan fingerprint density at radius 1 is 1.16 bits per heavy atom. The molecule has 208 valence electrons. The maximum absolute atomic E-state index is 13.8. The van der Waals surface area contributed by atoms with Crippen molar-refractivity contribution in [3.63, 3.8) is 0 Å². The lowest BCUT2D eigenvalue weighted by molar-refractivity contribution is -0.150. The van der Waals surface area contributed by atoms with E-state index in [1.807, 2.05) is 27.5 Å². The lowest BCUT2D eigenvalue weighted by atomic mass is 9.80. The van der Waals surface area contributed by atoms with E-state index in [0.29, 0.717) is 26.2 Å². The Morgan fingerprint density at radius 3 is 2.50 bits per heavy atom. The number of benzene rings is 1. The zero-order chi connectivity index (χ0) is 27.2. The number of carbonyl (C=O) groups is 3. The highest BCUT2D eigenvalue weighted by Gasteiger charge is 2.45. The summed E-state index contributed by atoms with van der Waals surface area (Å²) in [7, 11) is 1.47. The number of nitrogens with zero attached hydrogens (tertiary/aromatic N) is 1. The Hall–Kier alpha value is -2.18. The second kappa shape index (κ2) is 13.3. The Balaban J connectivity index is 1.71. The molecule has 0 heterocycles. The van der Waals surface area contributed by atoms with Gasteiger partial charge in [0.25, 0.3) is 0 Å². The molecule has 3 aliphatic rings. The molecule has 4 rings (SSSR count). The van der Waals surface area contributed by atoms with Crippen molar-refractivity contribution >= 4 is 40.7 Å². The Morgan fingerprint density at radius 2 is 1.89 bits per heavy atom. The minimum absolute atomic E-state index is 0.0125. The van der Waals surface area contributed by atoms with Crippen LogP contribution in [-0.4, -0.2) is 77.8 Å². The highest BCUT2D eigenvalue weighted by Crippen LogP contribution is 2.39. The molecule has 9 nitrogen and oxygen atoms in total. The van der Waals surface area contributed by atoms with Gasteiger partial charge in [-0.2, -0.15) is 0 Å². The third kappa shape index (κ3) is 6.34. The predicted molar refractivity (Wildman–Crippen MR) is 149 cm³/mol. The highest BCUT2D eigenvalue weighted by molar-refractivity contribution is 14.1. The summed E-state index contributed by atoms with van der Waals surface area (Å²) in [5.41, 5.74) is 0.828. The van der Waals surface area contributed by atoms with E-state index in [1.54, 1.807) is 18.2 Å². The van der Waals surface area contributed by atoms with Crippen LogP contribution in [0.1, 0.15) is 68.1 Å². The average molecular weight is 641 g/mol. The van der Waals surface area contributed by atoms with Gasteiger partial charge in [-0.25, -0.2) is 0 Å². The zero-order valence-electron chi connectivity index (χ0n) is 21.7. The molecular weight excluding hydrogens is 603 g/mol. The van der Waals surface area contributed by atoms with Crippen LogP contribution >= 0.6 is 22.6 Å². The number of amides is 2. The lowest BCUT2D eigenvalue weighted by Gasteiger charge is -2.47. The smallest absolute Gasteiger partial charge is 0.247 e. The summed E-state index contributed by atoms with van der Waals surface area (Å²) in [5, 5.41) is 23.6. The number of rotatable bonds is 10. The first kappa shape index (κ1) is 28.8. The van der Waals surface area contributed by atoms with Crippen LogP contribution in [0.3, 0.4) is 0 Å². The highest BCUT2D eigenvalue weighted by atomic mass is 127. The molecule has 0 spiro atoms. The fourth-order valence-corrected chi connectivity index (χ4v) is 6.40. The van der Waals surface area contributed by atoms with Crippen molar-refractivity contribution in [1.29, 1.82) is 0 Å². The number of methoxy groups -OCH3 is 1. The normalized spacial score (nSPS) is 24.1. The van der Waals surface area contributed by atoms with E-state index < -0.39 is 18.2 Å². The molecule has 2 fully saturated rings. The molecule has 2 saturated carbocycles. The summed E-state index contributed by atoms with van der Waals surface area (Å²) in [6, 6.07) is 2.60. The Labute approximate surface area is 237 Å². The first-order valence-corrected chi connectivity index (χ1v) is 14.5. The van der Waals surface area contributed by atoms with Crippen LogP contribution in [0.4, 0.5) is 0 Å². The van der Waals surface area contributed by atoms with Gasteiger partial charge in [-0.3, -0.25) is 14.4 Å². The van der Waals surface area contributed by atoms with Crippen molar-refractivity contribution in [1.82, 2.24) is 10.2 Å². The van der Waals surface area contributed by atoms with E-state index in [-0.39, 0.29) is 43.3 Å². The molecule has 3 unspecified atom stereocenters. The van der Waals surface area contributed by atoms with Crippen LogP contribution in [0.25, 0.3) is 0 Å². The molecule has 3 atom stereocenters. The summed E-state index contributed by atoms with van der Waals surface area (Å²) in [4.78, 5) is 40.1. The van der Waals surface area contributed by atoms with Crippen LogP contribution in [0, 0.1) is 9.49 Å². The fourth-order valence-electron chi connectivity index (χ4n) is 5.65. The molecule has 0 aliphatic heterocycles. The number of ether oxygens (including phenoxy) is 2. The van der Waals surface area contributed by atoms with Crippen LogP contribution in [0.5, 0.6) is 11.5 Å². The van der Waals surface area contributed by atoms with E-state index in [0.717, 1.165) is 57.7 Å². The molecule has 0 bridgehead atoms. The first-order chi connectivity index (χ1) is 18.4. The Kier molecular flexibility index (Phi) is 10.1. The number of halogens is 1. The van der Waals surface area contributed by atoms with Crippen molar-refractivity contribution in [3.8, 4) is 11.5 Å². The summed E-state index contributed by atoms with van der Waals surface area (Å²) >= 11 is 2.05. The summed E-state index contributed by atoms with van der Waals surface area (Å²) in [6.07, 6.45) is 8.17. The topological polar surface area (TPSA) is 125 Å². The van der Waals surface area contributed by atoms with Gasteiger partial charge in [0.05, 0.1) is 23.3 Å². The molecule has 2 amide bonds. The minimum Gasteiger partial charge on any atom is -0.493 e. The summed E-state index contributed by atoms with van der Waals surface area (Å²) in [6.45, 7) is -0.0982. The quantitative estimate of drug-likeness (QED) is 0.265. The number of nitrogens with one attached hydrogen (secondary N) is 1. The van der Waals surface area contributed by atoms with Gasteiger partial charge >= 0.3 is 0 Å². The Bertz CT molecular complexity index is 1050. The lowest BCUT2D eigenvalue weighted by Crippen LogP contribution is -2.60.